The minimum absolute atomic E-state index is 0.360. The van der Waals surface area contributed by atoms with E-state index in [-0.39, 0.29) is 0 Å². The summed E-state index contributed by atoms with van der Waals surface area (Å²) in [6.07, 6.45) is 2.81. The number of piperidine rings is 1. The summed E-state index contributed by atoms with van der Waals surface area (Å²) in [6, 6.07) is 6.87. The van der Waals surface area contributed by atoms with Crippen molar-refractivity contribution in [3.8, 4) is 0 Å². The van der Waals surface area contributed by atoms with Crippen LogP contribution in [-0.4, -0.2) is 32.4 Å². The van der Waals surface area contributed by atoms with Gasteiger partial charge in [-0.3, -0.25) is 0 Å². The second-order valence-electron chi connectivity index (χ2n) is 4.88. The average Bonchev–Trinajstić information content (AvgIpc) is 2.40. The summed E-state index contributed by atoms with van der Waals surface area (Å²) in [5, 5.41) is 0. The highest BCUT2D eigenvalue weighted by Gasteiger charge is 2.29. The topological polar surface area (TPSA) is 63.4 Å². The van der Waals surface area contributed by atoms with E-state index in [0.717, 1.165) is 23.7 Å². The molecule has 0 unspecified atom stereocenters. The van der Waals surface area contributed by atoms with E-state index < -0.39 is 10.0 Å². The van der Waals surface area contributed by atoms with Crippen LogP contribution in [0.1, 0.15) is 19.3 Å². The Kier molecular flexibility index (Phi) is 5.00. The molecule has 0 aromatic heterocycles. The fraction of sp³-hybridized carbons (Fsp3) is 0.538. The molecule has 1 heterocycles. The number of benzene rings is 1. The molecule has 1 saturated heterocycles. The maximum Gasteiger partial charge on any atom is 0.243 e. The van der Waals surface area contributed by atoms with Crippen molar-refractivity contribution in [1.82, 2.24) is 4.31 Å². The Hall–Kier alpha value is -0.430. The van der Waals surface area contributed by atoms with E-state index in [1.807, 2.05) is 6.07 Å². The minimum Gasteiger partial charge on any atom is -0.330 e. The van der Waals surface area contributed by atoms with Crippen molar-refractivity contribution in [3.63, 3.8) is 0 Å². The lowest BCUT2D eigenvalue weighted by Gasteiger charge is -2.31. The number of halogens is 1. The molecule has 0 bridgehead atoms. The van der Waals surface area contributed by atoms with Gasteiger partial charge in [0.25, 0.3) is 0 Å². The van der Waals surface area contributed by atoms with Crippen molar-refractivity contribution in [1.29, 1.82) is 0 Å². The predicted octanol–water partition coefficient (Wildman–Crippen LogP) is 2.20. The summed E-state index contributed by atoms with van der Waals surface area (Å²) < 4.78 is 27.3. The highest BCUT2D eigenvalue weighted by Crippen LogP contribution is 2.26. The van der Waals surface area contributed by atoms with Crippen LogP contribution in [0.3, 0.4) is 0 Å². The number of rotatable bonds is 4. The van der Waals surface area contributed by atoms with Gasteiger partial charge in [-0.05, 0) is 49.9 Å². The number of hydrogen-bond acceptors (Lipinski definition) is 3. The van der Waals surface area contributed by atoms with Crippen LogP contribution in [0, 0.1) is 5.92 Å². The molecule has 1 fully saturated rings. The van der Waals surface area contributed by atoms with Crippen LogP contribution in [0.5, 0.6) is 0 Å². The number of hydrogen-bond donors (Lipinski definition) is 1. The van der Waals surface area contributed by atoms with Gasteiger partial charge in [0, 0.05) is 17.6 Å². The summed E-state index contributed by atoms with van der Waals surface area (Å²) in [6.45, 7) is 1.88. The third-order valence-corrected chi connectivity index (χ3v) is 5.97. The van der Waals surface area contributed by atoms with Crippen LogP contribution < -0.4 is 5.73 Å². The Morgan fingerprint density at radius 1 is 1.32 bits per heavy atom. The SMILES string of the molecule is NCCC1CCN(S(=O)(=O)c2cccc(Br)c2)CC1. The van der Waals surface area contributed by atoms with Gasteiger partial charge in [0.1, 0.15) is 0 Å². The van der Waals surface area contributed by atoms with Gasteiger partial charge in [0.05, 0.1) is 4.90 Å². The fourth-order valence-corrected chi connectivity index (χ4v) is 4.52. The molecule has 106 valence electrons. The maximum atomic E-state index is 12.5. The Morgan fingerprint density at radius 3 is 2.58 bits per heavy atom. The summed E-state index contributed by atoms with van der Waals surface area (Å²) in [4.78, 5) is 0.360. The first kappa shape index (κ1) is 15.0. The van der Waals surface area contributed by atoms with Gasteiger partial charge in [-0.15, -0.1) is 0 Å². The van der Waals surface area contributed by atoms with Crippen molar-refractivity contribution in [2.75, 3.05) is 19.6 Å². The number of nitrogens with zero attached hydrogens (tertiary/aromatic N) is 1. The third kappa shape index (κ3) is 3.56. The van der Waals surface area contributed by atoms with Crippen molar-refractivity contribution in [2.45, 2.75) is 24.2 Å². The van der Waals surface area contributed by atoms with Crippen LogP contribution >= 0.6 is 15.9 Å². The molecule has 4 nitrogen and oxygen atoms in total. The van der Waals surface area contributed by atoms with Gasteiger partial charge in [0.2, 0.25) is 10.0 Å². The molecule has 2 rings (SSSR count). The van der Waals surface area contributed by atoms with Crippen molar-refractivity contribution < 1.29 is 8.42 Å². The number of nitrogens with two attached hydrogens (primary N) is 1. The van der Waals surface area contributed by atoms with E-state index in [4.69, 9.17) is 5.73 Å². The Bertz CT molecular complexity index is 525. The highest BCUT2D eigenvalue weighted by atomic mass is 79.9. The summed E-state index contributed by atoms with van der Waals surface area (Å²) in [5.74, 6) is 0.568. The molecule has 0 aliphatic carbocycles. The first-order valence-corrected chi connectivity index (χ1v) is 8.73. The first-order valence-electron chi connectivity index (χ1n) is 6.50. The van der Waals surface area contributed by atoms with Gasteiger partial charge >= 0.3 is 0 Å². The molecule has 0 radical (unpaired) electrons. The molecule has 2 N–H and O–H groups in total. The van der Waals surface area contributed by atoms with Crippen LogP contribution in [0.2, 0.25) is 0 Å². The van der Waals surface area contributed by atoms with E-state index in [9.17, 15) is 8.42 Å². The summed E-state index contributed by atoms with van der Waals surface area (Å²) in [5.41, 5.74) is 5.55. The molecule has 0 amide bonds. The van der Waals surface area contributed by atoms with E-state index >= 15 is 0 Å². The quantitative estimate of drug-likeness (QED) is 0.908. The lowest BCUT2D eigenvalue weighted by atomic mass is 9.95. The minimum atomic E-state index is -3.35. The molecular formula is C13H19BrN2O2S. The standard InChI is InChI=1S/C13H19BrN2O2S/c14-12-2-1-3-13(10-12)19(17,18)16-8-5-11(4-7-15)6-9-16/h1-3,10-11H,4-9,15H2. The maximum absolute atomic E-state index is 12.5. The molecule has 19 heavy (non-hydrogen) atoms. The lowest BCUT2D eigenvalue weighted by molar-refractivity contribution is 0.266. The summed E-state index contributed by atoms with van der Waals surface area (Å²) in [7, 11) is -3.35. The zero-order valence-electron chi connectivity index (χ0n) is 10.8. The fourth-order valence-electron chi connectivity index (χ4n) is 2.45. The Labute approximate surface area is 123 Å². The largest absolute Gasteiger partial charge is 0.330 e. The zero-order chi connectivity index (χ0) is 13.9. The highest BCUT2D eigenvalue weighted by molar-refractivity contribution is 9.10. The smallest absolute Gasteiger partial charge is 0.243 e. The van der Waals surface area contributed by atoms with Crippen LogP contribution in [0.15, 0.2) is 33.6 Å². The molecule has 1 aliphatic heterocycles. The van der Waals surface area contributed by atoms with Gasteiger partial charge < -0.3 is 5.73 Å². The zero-order valence-corrected chi connectivity index (χ0v) is 13.2. The molecule has 0 saturated carbocycles. The van der Waals surface area contributed by atoms with Gasteiger partial charge in [-0.25, -0.2) is 8.42 Å². The lowest BCUT2D eigenvalue weighted by Crippen LogP contribution is -2.38. The monoisotopic (exact) mass is 346 g/mol. The molecule has 1 aromatic rings. The van der Waals surface area contributed by atoms with Crippen LogP contribution in [0.4, 0.5) is 0 Å². The molecule has 1 aromatic carbocycles. The van der Waals surface area contributed by atoms with Crippen molar-refractivity contribution in [2.24, 2.45) is 11.7 Å². The molecule has 6 heteroatoms. The molecule has 1 aliphatic rings. The van der Waals surface area contributed by atoms with E-state index in [1.165, 1.54) is 0 Å². The van der Waals surface area contributed by atoms with Crippen molar-refractivity contribution in [3.05, 3.63) is 28.7 Å². The van der Waals surface area contributed by atoms with Crippen LogP contribution in [0.25, 0.3) is 0 Å². The second kappa shape index (κ2) is 6.35. The summed E-state index contributed by atoms with van der Waals surface area (Å²) >= 11 is 3.31. The normalized spacial score (nSPS) is 18.6. The second-order valence-corrected chi connectivity index (χ2v) is 7.74. The first-order chi connectivity index (χ1) is 9.04. The van der Waals surface area contributed by atoms with E-state index in [1.54, 1.807) is 22.5 Å². The average molecular weight is 347 g/mol. The number of sulfonamides is 1. The van der Waals surface area contributed by atoms with Gasteiger partial charge in [-0.1, -0.05) is 22.0 Å². The Morgan fingerprint density at radius 2 is 2.00 bits per heavy atom. The van der Waals surface area contributed by atoms with Gasteiger partial charge in [0.15, 0.2) is 0 Å². The predicted molar refractivity (Wildman–Crippen MR) is 79.3 cm³/mol. The van der Waals surface area contributed by atoms with Crippen molar-refractivity contribution >= 4 is 26.0 Å². The van der Waals surface area contributed by atoms with E-state index in [2.05, 4.69) is 15.9 Å². The third-order valence-electron chi connectivity index (χ3n) is 3.58. The van der Waals surface area contributed by atoms with E-state index in [0.29, 0.717) is 30.4 Å². The molecule has 0 spiro atoms. The molecular weight excluding hydrogens is 328 g/mol. The van der Waals surface area contributed by atoms with Crippen LogP contribution in [-0.2, 0) is 10.0 Å². The Balaban J connectivity index is 2.10. The molecule has 0 atom stereocenters. The van der Waals surface area contributed by atoms with Gasteiger partial charge in [-0.2, -0.15) is 4.31 Å².